The molecule has 0 N–H and O–H groups in total. The van der Waals surface area contributed by atoms with Crippen LogP contribution in [0.2, 0.25) is 0 Å². The molecule has 0 unspecified atom stereocenters. The topological polar surface area (TPSA) is 9.86 Å². The van der Waals surface area contributed by atoms with Gasteiger partial charge in [-0.25, -0.2) is 0 Å². The van der Waals surface area contributed by atoms with E-state index < -0.39 is 0 Å². The van der Waals surface area contributed by atoms with Crippen molar-refractivity contribution in [1.29, 1.82) is 0 Å². The highest BCUT2D eigenvalue weighted by Crippen LogP contribution is 2.42. The molecule has 0 aliphatic rings. The van der Waals surface area contributed by atoms with E-state index in [1.807, 2.05) is 12.3 Å². The van der Waals surface area contributed by atoms with E-state index in [2.05, 4.69) is 157 Å². The van der Waals surface area contributed by atoms with E-state index in [9.17, 15) is 0 Å². The Morgan fingerprint density at radius 2 is 1.07 bits per heavy atom. The van der Waals surface area contributed by atoms with Crippen molar-refractivity contribution in [2.45, 2.75) is 13.8 Å². The molecule has 0 amide bonds. The molecule has 2 heteroatoms. The predicted octanol–water partition coefficient (Wildman–Crippen LogP) is 11.6. The molecule has 210 valence electrons. The third kappa shape index (κ3) is 3.95. The minimum Gasteiger partial charge on any atom is -0.316 e. The zero-order valence-electron chi connectivity index (χ0n) is 25.0. The summed E-state index contributed by atoms with van der Waals surface area (Å²) in [7, 11) is 0. The Bertz CT molecular complexity index is 2400. The lowest BCUT2D eigenvalue weighted by Crippen LogP contribution is -1.94. The van der Waals surface area contributed by atoms with Gasteiger partial charge in [-0.05, 0) is 78.1 Å². The van der Waals surface area contributed by atoms with Crippen molar-refractivity contribution in [2.24, 2.45) is 0 Å². The zero-order valence-corrected chi connectivity index (χ0v) is 25.0. The second-order valence-corrected chi connectivity index (χ2v) is 11.7. The van der Waals surface area contributed by atoms with Crippen LogP contribution in [-0.4, -0.2) is 9.13 Å². The fourth-order valence-electron chi connectivity index (χ4n) is 6.72. The molecule has 0 atom stereocenters. The summed E-state index contributed by atoms with van der Waals surface area (Å²) in [5.41, 5.74) is 14.3. The second kappa shape index (κ2) is 10.00. The normalized spacial score (nSPS) is 11.6. The lowest BCUT2D eigenvalue weighted by molar-refractivity contribution is 1.18. The molecule has 0 saturated heterocycles. The second-order valence-electron chi connectivity index (χ2n) is 11.7. The summed E-state index contributed by atoms with van der Waals surface area (Å²) in [6, 6.07) is 44.5. The van der Waals surface area contributed by atoms with Crippen LogP contribution in [-0.2, 0) is 0 Å². The van der Waals surface area contributed by atoms with Crippen LogP contribution in [0.5, 0.6) is 0 Å². The molecule has 8 aromatic rings. The van der Waals surface area contributed by atoms with Crippen LogP contribution in [0.15, 0.2) is 134 Å². The summed E-state index contributed by atoms with van der Waals surface area (Å²) in [6.45, 7) is 12.5. The molecule has 2 heterocycles. The first-order valence-corrected chi connectivity index (χ1v) is 15.1. The number of benzene rings is 6. The highest BCUT2D eigenvalue weighted by molar-refractivity contribution is 6.26. The Labute approximate surface area is 257 Å². The van der Waals surface area contributed by atoms with E-state index in [1.165, 1.54) is 71.5 Å². The maximum Gasteiger partial charge on any atom is 0.0635 e. The van der Waals surface area contributed by atoms with Crippen LogP contribution in [0, 0.1) is 13.8 Å². The molecular formula is C42H32N2. The summed E-state index contributed by atoms with van der Waals surface area (Å²) in [5.74, 6) is 0. The predicted molar refractivity (Wildman–Crippen MR) is 191 cm³/mol. The molecule has 0 aliphatic heterocycles. The highest BCUT2D eigenvalue weighted by Gasteiger charge is 2.20. The SMILES string of the molecule is C=Cc1ccc(-n2c3cc(-c4ccc(C)cc4)ccc3c3c4c(ccc32)c2cc(-c3ccc(C)cc3)ccc2n4C=C)cc1. The van der Waals surface area contributed by atoms with Gasteiger partial charge in [-0.2, -0.15) is 0 Å². The number of aryl methyl sites for hydroxylation is 2. The molecular weight excluding hydrogens is 532 g/mol. The molecule has 2 nitrogen and oxygen atoms in total. The molecule has 0 aliphatic carbocycles. The fraction of sp³-hybridized carbons (Fsp3) is 0.0476. The van der Waals surface area contributed by atoms with Crippen molar-refractivity contribution in [2.75, 3.05) is 0 Å². The van der Waals surface area contributed by atoms with Crippen LogP contribution in [0.1, 0.15) is 16.7 Å². The monoisotopic (exact) mass is 564 g/mol. The number of fused-ring (bicyclic) bond motifs is 7. The van der Waals surface area contributed by atoms with E-state index in [1.54, 1.807) is 0 Å². The lowest BCUT2D eigenvalue weighted by Gasteiger charge is -2.10. The molecule has 44 heavy (non-hydrogen) atoms. The van der Waals surface area contributed by atoms with Crippen molar-refractivity contribution in [3.8, 4) is 27.9 Å². The molecule has 8 rings (SSSR count). The quantitative estimate of drug-likeness (QED) is 0.197. The summed E-state index contributed by atoms with van der Waals surface area (Å²) in [5, 5.41) is 4.91. The smallest absolute Gasteiger partial charge is 0.0635 e. The molecule has 6 aromatic carbocycles. The number of hydrogen-bond acceptors (Lipinski definition) is 0. The van der Waals surface area contributed by atoms with Gasteiger partial charge in [-0.1, -0.05) is 115 Å². The fourth-order valence-corrected chi connectivity index (χ4v) is 6.72. The Balaban J connectivity index is 1.47. The number of rotatable bonds is 5. The van der Waals surface area contributed by atoms with Gasteiger partial charge in [0.25, 0.3) is 0 Å². The third-order valence-corrected chi connectivity index (χ3v) is 9.03. The van der Waals surface area contributed by atoms with Crippen LogP contribution in [0.3, 0.4) is 0 Å². The summed E-state index contributed by atoms with van der Waals surface area (Å²) >= 11 is 0. The van der Waals surface area contributed by atoms with E-state index in [0.717, 1.165) is 16.8 Å². The minimum atomic E-state index is 1.11. The number of aromatic nitrogens is 2. The van der Waals surface area contributed by atoms with Gasteiger partial charge in [0.2, 0.25) is 0 Å². The van der Waals surface area contributed by atoms with E-state index in [0.29, 0.717) is 0 Å². The molecule has 0 saturated carbocycles. The van der Waals surface area contributed by atoms with Crippen molar-refractivity contribution >= 4 is 55.9 Å². The Morgan fingerprint density at radius 1 is 0.500 bits per heavy atom. The third-order valence-electron chi connectivity index (χ3n) is 9.03. The van der Waals surface area contributed by atoms with Gasteiger partial charge < -0.3 is 9.13 Å². The van der Waals surface area contributed by atoms with Crippen LogP contribution in [0.4, 0.5) is 0 Å². The first-order valence-electron chi connectivity index (χ1n) is 15.1. The highest BCUT2D eigenvalue weighted by atomic mass is 15.0. The maximum absolute atomic E-state index is 4.27. The van der Waals surface area contributed by atoms with Crippen molar-refractivity contribution in [3.05, 3.63) is 151 Å². The van der Waals surface area contributed by atoms with Crippen LogP contribution in [0.25, 0.3) is 83.8 Å². The largest absolute Gasteiger partial charge is 0.316 e. The summed E-state index contributed by atoms with van der Waals surface area (Å²) in [6.07, 6.45) is 3.85. The molecule has 2 aromatic heterocycles. The standard InChI is InChI=1S/C42H32N2/c1-5-29-11-19-34(20-12-29)44-39-24-22-35-37-25-32(30-13-7-27(3)8-14-30)18-23-38(37)43(6-2)42(35)41(39)36-21-17-33(26-40(36)44)31-15-9-28(4)10-16-31/h5-26H,1-2H2,3-4H3. The minimum absolute atomic E-state index is 1.11. The average molecular weight is 565 g/mol. The van der Waals surface area contributed by atoms with Gasteiger partial charge in [0, 0.05) is 33.4 Å². The van der Waals surface area contributed by atoms with Gasteiger partial charge >= 0.3 is 0 Å². The van der Waals surface area contributed by atoms with Crippen molar-refractivity contribution in [1.82, 2.24) is 9.13 Å². The molecule has 0 radical (unpaired) electrons. The number of nitrogens with zero attached hydrogens (tertiary/aromatic N) is 2. The molecule has 0 spiro atoms. The lowest BCUT2D eigenvalue weighted by atomic mass is 10.0. The van der Waals surface area contributed by atoms with Gasteiger partial charge in [0.1, 0.15) is 0 Å². The van der Waals surface area contributed by atoms with Gasteiger partial charge in [0.15, 0.2) is 0 Å². The van der Waals surface area contributed by atoms with Gasteiger partial charge in [-0.3, -0.25) is 0 Å². The summed E-state index contributed by atoms with van der Waals surface area (Å²) < 4.78 is 4.67. The van der Waals surface area contributed by atoms with Crippen LogP contribution < -0.4 is 0 Å². The molecule has 0 fully saturated rings. The first kappa shape index (κ1) is 26.1. The van der Waals surface area contributed by atoms with Gasteiger partial charge in [-0.15, -0.1) is 0 Å². The Hall–Kier alpha value is -5.60. The first-order chi connectivity index (χ1) is 21.5. The Kier molecular flexibility index (Phi) is 5.92. The van der Waals surface area contributed by atoms with Gasteiger partial charge in [0.05, 0.1) is 22.1 Å². The van der Waals surface area contributed by atoms with E-state index >= 15 is 0 Å². The zero-order chi connectivity index (χ0) is 29.9. The summed E-state index contributed by atoms with van der Waals surface area (Å²) in [4.78, 5) is 0. The van der Waals surface area contributed by atoms with Crippen molar-refractivity contribution in [3.63, 3.8) is 0 Å². The maximum atomic E-state index is 4.27. The Morgan fingerprint density at radius 3 is 1.70 bits per heavy atom. The van der Waals surface area contributed by atoms with Crippen molar-refractivity contribution < 1.29 is 0 Å². The number of hydrogen-bond donors (Lipinski definition) is 0. The van der Waals surface area contributed by atoms with E-state index in [-0.39, 0.29) is 0 Å². The van der Waals surface area contributed by atoms with Crippen LogP contribution >= 0.6 is 0 Å². The van der Waals surface area contributed by atoms with E-state index in [4.69, 9.17) is 0 Å². The molecule has 0 bridgehead atoms. The average Bonchev–Trinajstić information content (AvgIpc) is 3.57.